The number of nitrogens with one attached hydrogen (secondary N) is 1. The molecule has 6 heteroatoms. The molecule has 0 aliphatic carbocycles. The normalized spacial score (nSPS) is 16.2. The third kappa shape index (κ3) is 4.14. The van der Waals surface area contributed by atoms with Crippen molar-refractivity contribution in [3.63, 3.8) is 0 Å². The zero-order valence-corrected chi connectivity index (χ0v) is 18.2. The molecule has 1 aliphatic rings. The van der Waals surface area contributed by atoms with E-state index in [9.17, 15) is 4.79 Å². The number of aryl methyl sites for hydroxylation is 1. The van der Waals surface area contributed by atoms with Gasteiger partial charge in [-0.05, 0) is 62.7 Å². The predicted molar refractivity (Wildman–Crippen MR) is 126 cm³/mol. The van der Waals surface area contributed by atoms with Crippen molar-refractivity contribution in [1.29, 1.82) is 0 Å². The first kappa shape index (κ1) is 20.4. The molecule has 162 valence electrons. The number of benzene rings is 2. The maximum atomic E-state index is 13.4. The van der Waals surface area contributed by atoms with Crippen LogP contribution in [0, 0.1) is 6.92 Å². The van der Waals surface area contributed by atoms with Crippen molar-refractivity contribution >= 4 is 17.2 Å². The zero-order valence-electron chi connectivity index (χ0n) is 18.2. The van der Waals surface area contributed by atoms with Crippen LogP contribution in [0.4, 0.5) is 5.69 Å². The molecule has 1 fully saturated rings. The molecular weight excluding hydrogens is 398 g/mol. The van der Waals surface area contributed by atoms with Crippen LogP contribution in [0.1, 0.15) is 41.8 Å². The van der Waals surface area contributed by atoms with Gasteiger partial charge in [-0.3, -0.25) is 14.1 Å². The van der Waals surface area contributed by atoms with E-state index in [1.165, 1.54) is 5.56 Å². The Bertz CT molecular complexity index is 1190. The first-order chi connectivity index (χ1) is 15.7. The van der Waals surface area contributed by atoms with Crippen LogP contribution in [0.3, 0.4) is 0 Å². The fraction of sp³-hybridized carbons (Fsp3) is 0.269. The Hall–Kier alpha value is -3.51. The summed E-state index contributed by atoms with van der Waals surface area (Å²) in [6.07, 6.45) is 3.91. The molecule has 1 atom stereocenters. The van der Waals surface area contributed by atoms with Gasteiger partial charge in [-0.1, -0.05) is 54.1 Å². The number of nitrogens with zero attached hydrogens (tertiary/aromatic N) is 4. The molecule has 1 unspecified atom stereocenters. The van der Waals surface area contributed by atoms with Gasteiger partial charge < -0.3 is 5.32 Å². The van der Waals surface area contributed by atoms with E-state index < -0.39 is 0 Å². The molecule has 1 aliphatic heterocycles. The fourth-order valence-electron chi connectivity index (χ4n) is 4.56. The molecule has 0 saturated carbocycles. The van der Waals surface area contributed by atoms with E-state index >= 15 is 0 Å². The number of rotatable bonds is 5. The largest absolute Gasteiger partial charge is 0.324 e. The lowest BCUT2D eigenvalue weighted by Gasteiger charge is -2.36. The summed E-state index contributed by atoms with van der Waals surface area (Å²) in [6, 6.07) is 23.6. The molecule has 1 N–H and O–H groups in total. The number of likely N-dealkylation sites (tertiary alicyclic amines) is 1. The van der Waals surface area contributed by atoms with Crippen LogP contribution < -0.4 is 5.32 Å². The highest BCUT2D eigenvalue weighted by Gasteiger charge is 2.32. The molecule has 32 heavy (non-hydrogen) atoms. The molecule has 3 heterocycles. The highest BCUT2D eigenvalue weighted by atomic mass is 16.2. The van der Waals surface area contributed by atoms with E-state index in [0.717, 1.165) is 48.7 Å². The van der Waals surface area contributed by atoms with E-state index in [0.29, 0.717) is 5.92 Å². The SMILES string of the molecule is Cc1ccc(NC(=O)C(c2ccccc2)N2CCC(c3nnc4ccccn34)CC2)cc1. The number of anilines is 1. The van der Waals surface area contributed by atoms with E-state index in [4.69, 9.17) is 0 Å². The minimum absolute atomic E-state index is 0.00595. The van der Waals surface area contributed by atoms with Crippen LogP contribution in [0.2, 0.25) is 0 Å². The summed E-state index contributed by atoms with van der Waals surface area (Å²) in [4.78, 5) is 15.7. The van der Waals surface area contributed by atoms with Gasteiger partial charge in [0.1, 0.15) is 11.9 Å². The Morgan fingerprint density at radius 2 is 1.66 bits per heavy atom. The van der Waals surface area contributed by atoms with Crippen molar-refractivity contribution in [2.45, 2.75) is 31.7 Å². The van der Waals surface area contributed by atoms with Crippen LogP contribution in [-0.4, -0.2) is 38.5 Å². The summed E-state index contributed by atoms with van der Waals surface area (Å²) in [7, 11) is 0. The van der Waals surface area contributed by atoms with Crippen molar-refractivity contribution in [3.8, 4) is 0 Å². The molecule has 2 aromatic carbocycles. The fourth-order valence-corrected chi connectivity index (χ4v) is 4.56. The second-order valence-corrected chi connectivity index (χ2v) is 8.47. The summed E-state index contributed by atoms with van der Waals surface area (Å²) >= 11 is 0. The molecule has 1 amide bonds. The number of carbonyl (C=O) groups is 1. The second kappa shape index (κ2) is 8.93. The van der Waals surface area contributed by atoms with E-state index in [1.807, 2.05) is 85.9 Å². The summed E-state index contributed by atoms with van der Waals surface area (Å²) < 4.78 is 2.08. The van der Waals surface area contributed by atoms with Crippen molar-refractivity contribution < 1.29 is 4.79 Å². The number of aromatic nitrogens is 3. The third-order valence-electron chi connectivity index (χ3n) is 6.28. The molecule has 6 nitrogen and oxygen atoms in total. The number of hydrogen-bond donors (Lipinski definition) is 1. The van der Waals surface area contributed by atoms with Crippen molar-refractivity contribution in [1.82, 2.24) is 19.5 Å². The van der Waals surface area contributed by atoms with Crippen molar-refractivity contribution in [2.24, 2.45) is 0 Å². The number of amides is 1. The molecular formula is C26H27N5O. The average molecular weight is 426 g/mol. The van der Waals surface area contributed by atoms with Crippen LogP contribution in [-0.2, 0) is 4.79 Å². The predicted octanol–water partition coefficient (Wildman–Crippen LogP) is 4.60. The topological polar surface area (TPSA) is 62.5 Å². The molecule has 5 rings (SSSR count). The monoisotopic (exact) mass is 425 g/mol. The van der Waals surface area contributed by atoms with Gasteiger partial charge in [0.05, 0.1) is 0 Å². The Kier molecular flexibility index (Phi) is 5.69. The maximum absolute atomic E-state index is 13.4. The van der Waals surface area contributed by atoms with Gasteiger partial charge in [0.15, 0.2) is 5.65 Å². The van der Waals surface area contributed by atoms with Gasteiger partial charge in [-0.2, -0.15) is 0 Å². The quantitative estimate of drug-likeness (QED) is 0.508. The highest BCUT2D eigenvalue weighted by Crippen LogP contribution is 2.32. The third-order valence-corrected chi connectivity index (χ3v) is 6.28. The van der Waals surface area contributed by atoms with E-state index in [2.05, 4.69) is 24.8 Å². The summed E-state index contributed by atoms with van der Waals surface area (Å²) in [5.41, 5.74) is 3.89. The summed E-state index contributed by atoms with van der Waals surface area (Å²) in [5, 5.41) is 11.9. The lowest BCUT2D eigenvalue weighted by molar-refractivity contribution is -0.122. The van der Waals surface area contributed by atoms with Crippen LogP contribution in [0.15, 0.2) is 79.0 Å². The number of carbonyl (C=O) groups excluding carboxylic acids is 1. The Balaban J connectivity index is 1.34. The number of hydrogen-bond acceptors (Lipinski definition) is 4. The first-order valence-corrected chi connectivity index (χ1v) is 11.2. The Morgan fingerprint density at radius 1 is 0.938 bits per heavy atom. The van der Waals surface area contributed by atoms with E-state index in [-0.39, 0.29) is 11.9 Å². The molecule has 2 aromatic heterocycles. The highest BCUT2D eigenvalue weighted by molar-refractivity contribution is 5.95. The van der Waals surface area contributed by atoms with Gasteiger partial charge in [-0.15, -0.1) is 10.2 Å². The van der Waals surface area contributed by atoms with Crippen LogP contribution in [0.25, 0.3) is 5.65 Å². The summed E-state index contributed by atoms with van der Waals surface area (Å²) in [6.45, 7) is 3.70. The number of fused-ring (bicyclic) bond motifs is 1. The number of piperidine rings is 1. The summed E-state index contributed by atoms with van der Waals surface area (Å²) in [5.74, 6) is 1.35. The van der Waals surface area contributed by atoms with Crippen molar-refractivity contribution in [2.75, 3.05) is 18.4 Å². The first-order valence-electron chi connectivity index (χ1n) is 11.2. The molecule has 0 spiro atoms. The van der Waals surface area contributed by atoms with Gasteiger partial charge in [0.25, 0.3) is 0 Å². The lowest BCUT2D eigenvalue weighted by atomic mass is 9.93. The lowest BCUT2D eigenvalue weighted by Crippen LogP contribution is -2.42. The molecule has 0 bridgehead atoms. The number of pyridine rings is 1. The van der Waals surface area contributed by atoms with Gasteiger partial charge in [0, 0.05) is 17.8 Å². The second-order valence-electron chi connectivity index (χ2n) is 8.47. The maximum Gasteiger partial charge on any atom is 0.246 e. The molecule has 0 radical (unpaired) electrons. The van der Waals surface area contributed by atoms with Gasteiger partial charge in [0.2, 0.25) is 5.91 Å². The molecule has 1 saturated heterocycles. The Labute approximate surface area is 187 Å². The van der Waals surface area contributed by atoms with Crippen LogP contribution >= 0.6 is 0 Å². The standard InChI is InChI=1S/C26H27N5O/c1-19-10-12-22(13-11-19)27-26(32)24(20-7-3-2-4-8-20)30-17-14-21(15-18-30)25-29-28-23-9-5-6-16-31(23)25/h2-13,16,21,24H,14-15,17-18H2,1H3,(H,27,32). The van der Waals surface area contributed by atoms with Crippen LogP contribution in [0.5, 0.6) is 0 Å². The Morgan fingerprint density at radius 3 is 2.41 bits per heavy atom. The molecule has 4 aromatic rings. The van der Waals surface area contributed by atoms with Gasteiger partial charge in [-0.25, -0.2) is 0 Å². The minimum Gasteiger partial charge on any atom is -0.324 e. The minimum atomic E-state index is -0.325. The average Bonchev–Trinajstić information content (AvgIpc) is 3.26. The zero-order chi connectivity index (χ0) is 21.9. The smallest absolute Gasteiger partial charge is 0.246 e. The van der Waals surface area contributed by atoms with Crippen molar-refractivity contribution in [3.05, 3.63) is 95.9 Å². The van der Waals surface area contributed by atoms with E-state index in [1.54, 1.807) is 0 Å². The van der Waals surface area contributed by atoms with Gasteiger partial charge >= 0.3 is 0 Å².